The lowest BCUT2D eigenvalue weighted by molar-refractivity contribution is 0.0690. The Morgan fingerprint density at radius 1 is 0.970 bits per heavy atom. The number of nitrogens with one attached hydrogen (secondary N) is 2. The zero-order chi connectivity index (χ0) is 22.6. The molecule has 2 heterocycles. The Balaban J connectivity index is 1.36. The first-order valence-corrected chi connectivity index (χ1v) is 10.8. The quantitative estimate of drug-likeness (QED) is 0.253. The second-order valence-corrected chi connectivity index (χ2v) is 7.81. The summed E-state index contributed by atoms with van der Waals surface area (Å²) in [5.41, 5.74) is 3.41. The van der Waals surface area contributed by atoms with E-state index < -0.39 is 5.97 Å². The number of rotatable bonds is 8. The van der Waals surface area contributed by atoms with Crippen molar-refractivity contribution in [3.8, 4) is 5.75 Å². The second kappa shape index (κ2) is 9.04. The van der Waals surface area contributed by atoms with E-state index in [4.69, 9.17) is 4.74 Å². The van der Waals surface area contributed by atoms with E-state index in [0.29, 0.717) is 19.4 Å². The van der Waals surface area contributed by atoms with Gasteiger partial charge in [-0.25, -0.2) is 4.79 Å². The number of ether oxygens (including phenoxy) is 1. The number of fused-ring (bicyclic) bond motifs is 2. The number of benzene rings is 3. The monoisotopic (exact) mass is 437 g/mol. The number of H-pyrrole nitrogens is 1. The molecule has 6 heteroatoms. The lowest BCUT2D eigenvalue weighted by Gasteiger charge is -2.10. The molecule has 0 radical (unpaired) electrons. The van der Waals surface area contributed by atoms with Crippen LogP contribution in [0.1, 0.15) is 22.5 Å². The molecule has 0 aliphatic carbocycles. The molecule has 164 valence electrons. The van der Waals surface area contributed by atoms with E-state index in [9.17, 15) is 9.90 Å². The van der Waals surface area contributed by atoms with Crippen molar-refractivity contribution in [2.24, 2.45) is 0 Å². The minimum absolute atomic E-state index is 0.218. The highest BCUT2D eigenvalue weighted by molar-refractivity contribution is 6.02. The lowest BCUT2D eigenvalue weighted by atomic mass is 10.0. The molecule has 0 unspecified atom stereocenters. The number of carboxylic acids is 1. The summed E-state index contributed by atoms with van der Waals surface area (Å²) < 4.78 is 6.06. The van der Waals surface area contributed by atoms with Crippen LogP contribution in [-0.2, 0) is 6.42 Å². The van der Waals surface area contributed by atoms with Crippen molar-refractivity contribution >= 4 is 39.0 Å². The molecule has 0 saturated carbocycles. The van der Waals surface area contributed by atoms with Gasteiger partial charge in [0.2, 0.25) is 0 Å². The molecule has 5 rings (SSSR count). The van der Waals surface area contributed by atoms with Gasteiger partial charge in [0.25, 0.3) is 0 Å². The molecule has 33 heavy (non-hydrogen) atoms. The molecule has 3 N–H and O–H groups in total. The summed E-state index contributed by atoms with van der Waals surface area (Å²) >= 11 is 0. The predicted octanol–water partition coefficient (Wildman–Crippen LogP) is 6.17. The van der Waals surface area contributed by atoms with E-state index in [1.165, 1.54) is 0 Å². The van der Waals surface area contributed by atoms with Gasteiger partial charge < -0.3 is 20.1 Å². The molecule has 0 spiro atoms. The number of anilines is 2. The Morgan fingerprint density at radius 2 is 1.79 bits per heavy atom. The summed E-state index contributed by atoms with van der Waals surface area (Å²) in [5.74, 6) is -0.128. The summed E-state index contributed by atoms with van der Waals surface area (Å²) in [6.45, 7) is 0.493. The fourth-order valence-electron chi connectivity index (χ4n) is 4.16. The summed E-state index contributed by atoms with van der Waals surface area (Å²) in [6, 6.07) is 23.7. The maximum absolute atomic E-state index is 12.0. The summed E-state index contributed by atoms with van der Waals surface area (Å²) in [5, 5.41) is 16.2. The molecular weight excluding hydrogens is 414 g/mol. The number of aromatic carboxylic acids is 1. The number of nitrogens with zero attached hydrogens (tertiary/aromatic N) is 1. The maximum atomic E-state index is 12.0. The third-order valence-electron chi connectivity index (χ3n) is 5.67. The largest absolute Gasteiger partial charge is 0.493 e. The van der Waals surface area contributed by atoms with Gasteiger partial charge >= 0.3 is 5.97 Å². The normalized spacial score (nSPS) is 11.0. The van der Waals surface area contributed by atoms with Gasteiger partial charge in [0, 0.05) is 17.0 Å². The average Bonchev–Trinajstić information content (AvgIpc) is 3.22. The molecule has 6 nitrogen and oxygen atoms in total. The van der Waals surface area contributed by atoms with E-state index in [2.05, 4.69) is 27.4 Å². The van der Waals surface area contributed by atoms with Crippen LogP contribution in [0.3, 0.4) is 0 Å². The smallest absolute Gasteiger partial charge is 0.352 e. The van der Waals surface area contributed by atoms with Crippen molar-refractivity contribution in [1.29, 1.82) is 0 Å². The Labute approximate surface area is 190 Å². The predicted molar refractivity (Wildman–Crippen MR) is 131 cm³/mol. The van der Waals surface area contributed by atoms with E-state index in [1.54, 1.807) is 12.4 Å². The highest BCUT2D eigenvalue weighted by atomic mass is 16.5. The number of carbonyl (C=O) groups is 1. The molecule has 0 bridgehead atoms. The molecular formula is C27H23N3O3. The van der Waals surface area contributed by atoms with Crippen molar-refractivity contribution in [2.45, 2.75) is 12.8 Å². The molecule has 0 saturated heterocycles. The first-order valence-electron chi connectivity index (χ1n) is 10.8. The number of aromatic nitrogens is 2. The van der Waals surface area contributed by atoms with Gasteiger partial charge in [0.1, 0.15) is 11.4 Å². The first kappa shape index (κ1) is 20.6. The summed E-state index contributed by atoms with van der Waals surface area (Å²) in [6.07, 6.45) is 4.71. The molecule has 0 fully saturated rings. The van der Waals surface area contributed by atoms with Gasteiger partial charge in [-0.05, 0) is 48.1 Å². The van der Waals surface area contributed by atoms with Gasteiger partial charge in [0.15, 0.2) is 0 Å². The Morgan fingerprint density at radius 3 is 2.64 bits per heavy atom. The number of aromatic amines is 1. The van der Waals surface area contributed by atoms with Crippen LogP contribution < -0.4 is 10.1 Å². The van der Waals surface area contributed by atoms with Gasteiger partial charge in [-0.3, -0.25) is 4.98 Å². The van der Waals surface area contributed by atoms with E-state index in [1.807, 2.05) is 60.7 Å². The fraction of sp³-hybridized carbons (Fsp3) is 0.111. The van der Waals surface area contributed by atoms with Crippen molar-refractivity contribution in [1.82, 2.24) is 9.97 Å². The van der Waals surface area contributed by atoms with E-state index in [0.717, 1.165) is 44.4 Å². The van der Waals surface area contributed by atoms with Crippen molar-refractivity contribution in [2.75, 3.05) is 11.9 Å². The highest BCUT2D eigenvalue weighted by Crippen LogP contribution is 2.31. The number of pyridine rings is 1. The van der Waals surface area contributed by atoms with Crippen LogP contribution in [0.15, 0.2) is 85.2 Å². The number of aryl methyl sites for hydroxylation is 1. The highest BCUT2D eigenvalue weighted by Gasteiger charge is 2.18. The second-order valence-electron chi connectivity index (χ2n) is 7.81. The van der Waals surface area contributed by atoms with Crippen LogP contribution in [-0.4, -0.2) is 27.7 Å². The van der Waals surface area contributed by atoms with Crippen molar-refractivity contribution in [3.05, 3.63) is 96.4 Å². The van der Waals surface area contributed by atoms with Crippen LogP contribution in [0, 0.1) is 0 Å². The molecule has 0 amide bonds. The van der Waals surface area contributed by atoms with Gasteiger partial charge in [-0.15, -0.1) is 0 Å². The number of para-hydroxylation sites is 1. The van der Waals surface area contributed by atoms with Crippen molar-refractivity contribution in [3.63, 3.8) is 0 Å². The van der Waals surface area contributed by atoms with E-state index >= 15 is 0 Å². The Kier molecular flexibility index (Phi) is 5.64. The van der Waals surface area contributed by atoms with Crippen LogP contribution in [0.25, 0.3) is 21.7 Å². The minimum Gasteiger partial charge on any atom is -0.493 e. The van der Waals surface area contributed by atoms with Gasteiger partial charge in [-0.1, -0.05) is 48.5 Å². The minimum atomic E-state index is -0.969. The Bertz CT molecular complexity index is 1420. The number of carboxylic acid groups (broad SMARTS) is 1. The number of hydrogen-bond acceptors (Lipinski definition) is 4. The molecule has 0 aliphatic rings. The zero-order valence-corrected chi connectivity index (χ0v) is 17.9. The molecule has 0 aliphatic heterocycles. The molecule has 5 aromatic rings. The molecule has 3 aromatic carbocycles. The van der Waals surface area contributed by atoms with E-state index in [-0.39, 0.29) is 5.69 Å². The first-order chi connectivity index (χ1) is 16.2. The summed E-state index contributed by atoms with van der Waals surface area (Å²) in [4.78, 5) is 19.2. The number of hydrogen-bond donors (Lipinski definition) is 3. The van der Waals surface area contributed by atoms with Crippen LogP contribution in [0.5, 0.6) is 5.75 Å². The SMILES string of the molecule is O=C(O)c1[nH]c2c(Nc3cccnc3)cccc2c1CCCOc1cccc2ccccc12. The third-order valence-corrected chi connectivity index (χ3v) is 5.67. The molecule has 2 aromatic heterocycles. The van der Waals surface area contributed by atoms with Crippen LogP contribution in [0.2, 0.25) is 0 Å². The topological polar surface area (TPSA) is 87.2 Å². The molecule has 0 atom stereocenters. The van der Waals surface area contributed by atoms with Gasteiger partial charge in [0.05, 0.1) is 29.7 Å². The average molecular weight is 437 g/mol. The zero-order valence-electron chi connectivity index (χ0n) is 17.9. The Hall–Kier alpha value is -4.32. The third kappa shape index (κ3) is 4.23. The maximum Gasteiger partial charge on any atom is 0.352 e. The van der Waals surface area contributed by atoms with Gasteiger partial charge in [-0.2, -0.15) is 0 Å². The van der Waals surface area contributed by atoms with Crippen LogP contribution in [0.4, 0.5) is 11.4 Å². The van der Waals surface area contributed by atoms with Crippen molar-refractivity contribution < 1.29 is 14.6 Å². The van der Waals surface area contributed by atoms with Crippen LogP contribution >= 0.6 is 0 Å². The standard InChI is InChI=1S/C27H23N3O3/c31-27(32)26-22(12-6-16-33-24-14-3-8-18-7-1-2-10-20(18)24)21-11-4-13-23(25(21)30-26)29-19-9-5-15-28-17-19/h1-5,7-11,13-15,17,29-30H,6,12,16H2,(H,31,32). The summed E-state index contributed by atoms with van der Waals surface area (Å²) in [7, 11) is 0. The lowest BCUT2D eigenvalue weighted by Crippen LogP contribution is -2.04. The fourth-order valence-corrected chi connectivity index (χ4v) is 4.16.